The molecule has 0 atom stereocenters. The number of anilines is 1. The van der Waals surface area contributed by atoms with Crippen molar-refractivity contribution in [3.63, 3.8) is 0 Å². The first-order valence-corrected chi connectivity index (χ1v) is 9.54. The molecule has 3 rings (SSSR count). The zero-order valence-corrected chi connectivity index (χ0v) is 16.7. The summed E-state index contributed by atoms with van der Waals surface area (Å²) in [6.07, 6.45) is 1.58. The third-order valence-corrected chi connectivity index (χ3v) is 4.70. The van der Waals surface area contributed by atoms with Crippen LogP contribution in [0.2, 0.25) is 0 Å². The van der Waals surface area contributed by atoms with E-state index in [1.54, 1.807) is 18.2 Å². The molecule has 0 spiro atoms. The normalized spacial score (nSPS) is 10.3. The van der Waals surface area contributed by atoms with Crippen LogP contribution in [0.1, 0.15) is 31.8 Å². The molecule has 3 aromatic carbocycles. The quantitative estimate of drug-likeness (QED) is 0.635. The van der Waals surface area contributed by atoms with Crippen LogP contribution in [0.5, 0.6) is 0 Å². The van der Waals surface area contributed by atoms with Crippen molar-refractivity contribution in [1.29, 1.82) is 0 Å². The van der Waals surface area contributed by atoms with Crippen LogP contribution in [0.25, 0.3) is 0 Å². The Kier molecular flexibility index (Phi) is 6.63. The van der Waals surface area contributed by atoms with Gasteiger partial charge in [-0.25, -0.2) is 0 Å². The number of carbonyl (C=O) groups is 2. The Morgan fingerprint density at radius 2 is 1.45 bits per heavy atom. The Morgan fingerprint density at radius 3 is 2.21 bits per heavy atom. The van der Waals surface area contributed by atoms with Gasteiger partial charge in [0, 0.05) is 30.9 Å². The number of nitrogens with one attached hydrogen (secondary N) is 2. The van der Waals surface area contributed by atoms with Crippen molar-refractivity contribution < 1.29 is 9.59 Å². The average molecular weight is 387 g/mol. The Balaban J connectivity index is 1.63. The molecule has 0 aliphatic heterocycles. The lowest BCUT2D eigenvalue weighted by Crippen LogP contribution is -2.42. The molecule has 0 saturated heterocycles. The van der Waals surface area contributed by atoms with Crippen LogP contribution < -0.4 is 15.8 Å². The van der Waals surface area contributed by atoms with Gasteiger partial charge in [-0.15, -0.1) is 0 Å². The topological polar surface area (TPSA) is 61.4 Å². The fraction of sp³-hybridized carbons (Fsp3) is 0.167. The highest BCUT2D eigenvalue weighted by atomic mass is 16.2. The van der Waals surface area contributed by atoms with Crippen molar-refractivity contribution >= 4 is 17.5 Å². The van der Waals surface area contributed by atoms with E-state index < -0.39 is 0 Å². The Bertz CT molecular complexity index is 984. The molecule has 0 radical (unpaired) electrons. The van der Waals surface area contributed by atoms with Crippen molar-refractivity contribution in [2.75, 3.05) is 19.0 Å². The second kappa shape index (κ2) is 9.55. The number of benzene rings is 3. The van der Waals surface area contributed by atoms with Gasteiger partial charge in [0.2, 0.25) is 0 Å². The number of carbonyl (C=O) groups excluding carboxylic acids is 2. The first-order chi connectivity index (χ1) is 14.0. The summed E-state index contributed by atoms with van der Waals surface area (Å²) >= 11 is 0. The second-order valence-corrected chi connectivity index (χ2v) is 7.00. The zero-order chi connectivity index (χ0) is 20.6. The second-order valence-electron chi connectivity index (χ2n) is 7.00. The highest BCUT2D eigenvalue weighted by Crippen LogP contribution is 2.14. The molecule has 2 N–H and O–H groups in total. The molecular formula is C24H25N3O2. The highest BCUT2D eigenvalue weighted by Gasteiger charge is 2.13. The number of hydrogen-bond donors (Lipinski definition) is 2. The number of nitrogens with zero attached hydrogens (tertiary/aromatic N) is 1. The molecule has 0 saturated carbocycles. The van der Waals surface area contributed by atoms with Crippen LogP contribution in [-0.4, -0.2) is 25.9 Å². The number of rotatable bonds is 6. The van der Waals surface area contributed by atoms with Crippen LogP contribution in [0.4, 0.5) is 5.69 Å². The molecule has 0 aromatic heterocycles. The maximum absolute atomic E-state index is 12.7. The molecule has 0 heterocycles. The molecule has 0 unspecified atom stereocenters. The fourth-order valence-corrected chi connectivity index (χ4v) is 3.06. The lowest BCUT2D eigenvalue weighted by atomic mass is 9.99. The van der Waals surface area contributed by atoms with Gasteiger partial charge in [-0.2, -0.15) is 0 Å². The Hall–Kier alpha value is -3.60. The van der Waals surface area contributed by atoms with Gasteiger partial charge in [-0.3, -0.25) is 20.4 Å². The smallest absolute Gasteiger partial charge is 0.269 e. The predicted molar refractivity (Wildman–Crippen MR) is 116 cm³/mol. The largest absolute Gasteiger partial charge is 0.378 e. The molecule has 0 fully saturated rings. The molecule has 0 aliphatic carbocycles. The predicted octanol–water partition coefficient (Wildman–Crippen LogP) is 3.61. The molecule has 0 aliphatic rings. The standard InChI is InChI=1S/C24H25N3O2/c1-27(2)21-13-8-12-20(17-21)23(28)25-26-24(29)22-14-7-6-11-19(22)16-15-18-9-4-3-5-10-18/h3-14,17H,15-16H2,1-2H3,(H,25,28)(H,26,29). The minimum atomic E-state index is -0.358. The molecule has 148 valence electrons. The van der Waals surface area contributed by atoms with Gasteiger partial charge in [0.1, 0.15) is 0 Å². The van der Waals surface area contributed by atoms with E-state index in [2.05, 4.69) is 23.0 Å². The zero-order valence-electron chi connectivity index (χ0n) is 16.7. The van der Waals surface area contributed by atoms with Crippen molar-refractivity contribution in [3.8, 4) is 0 Å². The summed E-state index contributed by atoms with van der Waals surface area (Å²) in [5.74, 6) is -0.686. The van der Waals surface area contributed by atoms with Gasteiger partial charge in [0.05, 0.1) is 0 Å². The van der Waals surface area contributed by atoms with Crippen LogP contribution in [-0.2, 0) is 12.8 Å². The monoisotopic (exact) mass is 387 g/mol. The molecule has 5 heteroatoms. The van der Waals surface area contributed by atoms with Gasteiger partial charge >= 0.3 is 0 Å². The third-order valence-electron chi connectivity index (χ3n) is 4.70. The highest BCUT2D eigenvalue weighted by molar-refractivity contribution is 6.00. The minimum Gasteiger partial charge on any atom is -0.378 e. The minimum absolute atomic E-state index is 0.328. The summed E-state index contributed by atoms with van der Waals surface area (Å²) in [7, 11) is 3.82. The first kappa shape index (κ1) is 20.1. The van der Waals surface area contributed by atoms with Gasteiger partial charge in [0.15, 0.2) is 0 Å². The van der Waals surface area contributed by atoms with E-state index in [4.69, 9.17) is 0 Å². The maximum Gasteiger partial charge on any atom is 0.269 e. The van der Waals surface area contributed by atoms with Gasteiger partial charge < -0.3 is 4.90 Å². The number of amides is 2. The van der Waals surface area contributed by atoms with E-state index in [1.807, 2.05) is 67.5 Å². The number of hydrogen-bond acceptors (Lipinski definition) is 3. The van der Waals surface area contributed by atoms with E-state index in [9.17, 15) is 9.59 Å². The molecular weight excluding hydrogens is 362 g/mol. The summed E-state index contributed by atoms with van der Waals surface area (Å²) in [4.78, 5) is 27.0. The van der Waals surface area contributed by atoms with E-state index in [1.165, 1.54) is 5.56 Å². The first-order valence-electron chi connectivity index (χ1n) is 9.54. The summed E-state index contributed by atoms with van der Waals surface area (Å²) in [6, 6.07) is 24.8. The van der Waals surface area contributed by atoms with Crippen LogP contribution in [0.15, 0.2) is 78.9 Å². The maximum atomic E-state index is 12.7. The van der Waals surface area contributed by atoms with E-state index in [-0.39, 0.29) is 11.8 Å². The Labute approximate surface area is 171 Å². The van der Waals surface area contributed by atoms with Crippen molar-refractivity contribution in [1.82, 2.24) is 10.9 Å². The lowest BCUT2D eigenvalue weighted by Gasteiger charge is -2.14. The van der Waals surface area contributed by atoms with Crippen molar-refractivity contribution in [2.45, 2.75) is 12.8 Å². The number of aryl methyl sites for hydroxylation is 2. The lowest BCUT2D eigenvalue weighted by molar-refractivity contribution is 0.0846. The SMILES string of the molecule is CN(C)c1cccc(C(=O)NNC(=O)c2ccccc2CCc2ccccc2)c1. The van der Waals surface area contributed by atoms with Crippen LogP contribution in [0, 0.1) is 0 Å². The molecule has 3 aromatic rings. The van der Waals surface area contributed by atoms with E-state index >= 15 is 0 Å². The fourth-order valence-electron chi connectivity index (χ4n) is 3.06. The van der Waals surface area contributed by atoms with E-state index in [0.29, 0.717) is 11.1 Å². The summed E-state index contributed by atoms with van der Waals surface area (Å²) in [5, 5.41) is 0. The average Bonchev–Trinajstić information content (AvgIpc) is 2.76. The van der Waals surface area contributed by atoms with Crippen molar-refractivity contribution in [3.05, 3.63) is 101 Å². The van der Waals surface area contributed by atoms with Crippen LogP contribution >= 0.6 is 0 Å². The summed E-state index contributed by atoms with van der Waals surface area (Å²) in [5.41, 5.74) is 9.15. The molecule has 5 nitrogen and oxygen atoms in total. The Morgan fingerprint density at radius 1 is 0.759 bits per heavy atom. The van der Waals surface area contributed by atoms with Crippen molar-refractivity contribution in [2.24, 2.45) is 0 Å². The van der Waals surface area contributed by atoms with Crippen LogP contribution in [0.3, 0.4) is 0 Å². The molecule has 29 heavy (non-hydrogen) atoms. The van der Waals surface area contributed by atoms with Gasteiger partial charge in [0.25, 0.3) is 11.8 Å². The number of hydrazine groups is 1. The third kappa shape index (κ3) is 5.45. The molecule has 0 bridgehead atoms. The molecule has 2 amide bonds. The van der Waals surface area contributed by atoms with E-state index in [0.717, 1.165) is 24.1 Å². The summed E-state index contributed by atoms with van der Waals surface area (Å²) in [6.45, 7) is 0. The van der Waals surface area contributed by atoms with Gasteiger partial charge in [-0.05, 0) is 48.2 Å². The van der Waals surface area contributed by atoms with Gasteiger partial charge in [-0.1, -0.05) is 54.6 Å². The summed E-state index contributed by atoms with van der Waals surface area (Å²) < 4.78 is 0.